The number of hydrogen-bond acceptors (Lipinski definition) is 5. The fraction of sp³-hybridized carbons (Fsp3) is 0.444. The molecule has 132 valence electrons. The molecule has 0 radical (unpaired) electrons. The van der Waals surface area contributed by atoms with Crippen molar-refractivity contribution in [1.82, 2.24) is 15.1 Å². The quantitative estimate of drug-likeness (QED) is 0.875. The van der Waals surface area contributed by atoms with Gasteiger partial charge in [0.05, 0.1) is 51.3 Å². The van der Waals surface area contributed by atoms with Crippen molar-refractivity contribution >= 4 is 5.91 Å². The number of rotatable bonds is 5. The highest BCUT2D eigenvalue weighted by molar-refractivity contribution is 5.79. The second-order valence-corrected chi connectivity index (χ2v) is 6.49. The zero-order chi connectivity index (χ0) is 17.2. The van der Waals surface area contributed by atoms with Gasteiger partial charge in [-0.05, 0) is 16.7 Å². The zero-order valence-corrected chi connectivity index (χ0v) is 14.1. The molecule has 1 N–H and O–H groups in total. The highest BCUT2D eigenvalue weighted by atomic mass is 16.5. The minimum Gasteiger partial charge on any atom is -0.482 e. The van der Waals surface area contributed by atoms with E-state index in [1.165, 1.54) is 11.1 Å². The van der Waals surface area contributed by atoms with Crippen molar-refractivity contribution in [3.8, 4) is 5.75 Å². The second-order valence-electron chi connectivity index (χ2n) is 6.49. The van der Waals surface area contributed by atoms with Crippen LogP contribution in [0.2, 0.25) is 0 Å². The van der Waals surface area contributed by atoms with Crippen LogP contribution in [0.3, 0.4) is 0 Å². The number of aromatic nitrogens is 2. The molecule has 0 saturated carbocycles. The molecule has 7 nitrogen and oxygen atoms in total. The second kappa shape index (κ2) is 6.85. The first-order chi connectivity index (χ1) is 12.2. The van der Waals surface area contributed by atoms with Crippen molar-refractivity contribution in [2.24, 2.45) is 7.05 Å². The molecule has 2 aliphatic rings. The van der Waals surface area contributed by atoms with Crippen LogP contribution < -0.4 is 10.1 Å². The highest BCUT2D eigenvalue weighted by Crippen LogP contribution is 2.21. The van der Waals surface area contributed by atoms with E-state index in [0.717, 1.165) is 5.56 Å². The van der Waals surface area contributed by atoms with Gasteiger partial charge >= 0.3 is 0 Å². The van der Waals surface area contributed by atoms with Crippen molar-refractivity contribution in [1.29, 1.82) is 0 Å². The average Bonchev–Trinajstić information content (AvgIpc) is 3.30. The number of carbonyl (C=O) groups is 1. The summed E-state index contributed by atoms with van der Waals surface area (Å²) in [6.07, 6.45) is 3.58. The lowest BCUT2D eigenvalue weighted by Gasteiger charge is -2.19. The number of aryl methyl sites for hydroxylation is 1. The Kier molecular flexibility index (Phi) is 4.42. The summed E-state index contributed by atoms with van der Waals surface area (Å²) in [5.74, 6) is 0.644. The Morgan fingerprint density at radius 2 is 2.20 bits per heavy atom. The third-order valence-electron chi connectivity index (χ3n) is 4.49. The molecule has 1 fully saturated rings. The maximum Gasteiger partial charge on any atom is 0.224 e. The Morgan fingerprint density at radius 3 is 3.04 bits per heavy atom. The lowest BCUT2D eigenvalue weighted by molar-refractivity contribution is -0.121. The van der Waals surface area contributed by atoms with Crippen LogP contribution in [0.15, 0.2) is 30.6 Å². The van der Waals surface area contributed by atoms with Gasteiger partial charge in [0.15, 0.2) is 5.75 Å². The lowest BCUT2D eigenvalue weighted by atomic mass is 10.0. The molecule has 0 bridgehead atoms. The van der Waals surface area contributed by atoms with Gasteiger partial charge in [-0.15, -0.1) is 0 Å². The molecule has 25 heavy (non-hydrogen) atoms. The Balaban J connectivity index is 1.35. The first kappa shape index (κ1) is 16.1. The van der Waals surface area contributed by atoms with Gasteiger partial charge in [-0.25, -0.2) is 0 Å². The van der Waals surface area contributed by atoms with Crippen molar-refractivity contribution < 1.29 is 19.0 Å². The van der Waals surface area contributed by atoms with Crippen LogP contribution in [-0.2, 0) is 41.0 Å². The fourth-order valence-corrected chi connectivity index (χ4v) is 3.20. The van der Waals surface area contributed by atoms with E-state index in [0.29, 0.717) is 38.6 Å². The molecule has 2 aromatic rings. The summed E-state index contributed by atoms with van der Waals surface area (Å²) in [5, 5.41) is 7.11. The Hall–Kier alpha value is -2.38. The maximum atomic E-state index is 12.4. The van der Waals surface area contributed by atoms with Gasteiger partial charge in [-0.2, -0.15) is 5.10 Å². The van der Waals surface area contributed by atoms with Crippen LogP contribution in [0.1, 0.15) is 16.7 Å². The smallest absolute Gasteiger partial charge is 0.224 e. The van der Waals surface area contributed by atoms with Crippen LogP contribution in [-0.4, -0.2) is 41.0 Å². The molecular weight excluding hydrogens is 322 g/mol. The number of carbonyl (C=O) groups excluding carboxylic acids is 1. The van der Waals surface area contributed by atoms with Gasteiger partial charge in [0.2, 0.25) is 5.91 Å². The fourth-order valence-electron chi connectivity index (χ4n) is 3.20. The number of nitrogens with zero attached hydrogens (tertiary/aromatic N) is 2. The van der Waals surface area contributed by atoms with E-state index in [4.69, 9.17) is 14.2 Å². The topological polar surface area (TPSA) is 74.6 Å². The number of benzene rings is 1. The van der Waals surface area contributed by atoms with Gasteiger partial charge in [-0.3, -0.25) is 9.48 Å². The predicted molar refractivity (Wildman–Crippen MR) is 89.0 cm³/mol. The monoisotopic (exact) mass is 343 g/mol. The van der Waals surface area contributed by atoms with Crippen LogP contribution in [0.5, 0.6) is 5.75 Å². The summed E-state index contributed by atoms with van der Waals surface area (Å²) in [7, 11) is 1.83. The van der Waals surface area contributed by atoms with Crippen molar-refractivity contribution in [2.75, 3.05) is 13.2 Å². The molecule has 1 aromatic heterocycles. The van der Waals surface area contributed by atoms with E-state index in [2.05, 4.69) is 16.5 Å². The van der Waals surface area contributed by atoms with Gasteiger partial charge in [0.25, 0.3) is 0 Å². The Labute approximate surface area is 145 Å². The van der Waals surface area contributed by atoms with Gasteiger partial charge < -0.3 is 19.5 Å². The minimum atomic E-state index is -0.207. The predicted octanol–water partition coefficient (Wildman–Crippen LogP) is 0.955. The van der Waals surface area contributed by atoms with Crippen LogP contribution in [0.4, 0.5) is 0 Å². The molecule has 1 saturated heterocycles. The molecule has 3 heterocycles. The number of nitrogens with one attached hydrogen (secondary N) is 1. The van der Waals surface area contributed by atoms with Crippen LogP contribution >= 0.6 is 0 Å². The molecule has 2 atom stereocenters. The molecule has 1 amide bonds. The number of amides is 1. The first-order valence-corrected chi connectivity index (χ1v) is 8.38. The van der Waals surface area contributed by atoms with E-state index in [9.17, 15) is 4.79 Å². The van der Waals surface area contributed by atoms with Crippen molar-refractivity contribution in [3.05, 3.63) is 47.3 Å². The normalized spacial score (nSPS) is 22.0. The molecule has 2 aliphatic heterocycles. The SMILES string of the molecule is Cn1cc(O[C@@H]2COC[C@@H]2NC(=O)Cc2ccc3c(c2)COC3)cn1. The number of fused-ring (bicyclic) bond motifs is 1. The van der Waals surface area contributed by atoms with E-state index >= 15 is 0 Å². The maximum absolute atomic E-state index is 12.4. The van der Waals surface area contributed by atoms with E-state index in [1.54, 1.807) is 17.1 Å². The third kappa shape index (κ3) is 3.67. The van der Waals surface area contributed by atoms with Crippen molar-refractivity contribution in [3.63, 3.8) is 0 Å². The molecule has 7 heteroatoms. The van der Waals surface area contributed by atoms with Gasteiger partial charge in [-0.1, -0.05) is 18.2 Å². The average molecular weight is 343 g/mol. The summed E-state index contributed by atoms with van der Waals surface area (Å²) in [6, 6.07) is 5.92. The Morgan fingerprint density at radius 1 is 1.32 bits per heavy atom. The van der Waals surface area contributed by atoms with Gasteiger partial charge in [0, 0.05) is 7.05 Å². The molecule has 4 rings (SSSR count). The summed E-state index contributed by atoms with van der Waals surface area (Å²) < 4.78 is 18.4. The molecular formula is C18H21N3O4. The Bertz CT molecular complexity index is 773. The van der Waals surface area contributed by atoms with Gasteiger partial charge in [0.1, 0.15) is 6.10 Å². The summed E-state index contributed by atoms with van der Waals surface area (Å²) in [5.41, 5.74) is 3.37. The largest absolute Gasteiger partial charge is 0.482 e. The standard InChI is InChI=1S/C18H21N3O4/c1-21-7-15(6-19-21)25-17-11-24-10-16(17)20-18(22)5-12-2-3-13-8-23-9-14(13)4-12/h2-4,6-7,16-17H,5,8-11H2,1H3,(H,20,22)/t16-,17+/m0/s1. The first-order valence-electron chi connectivity index (χ1n) is 8.38. The lowest BCUT2D eigenvalue weighted by Crippen LogP contribution is -2.45. The summed E-state index contributed by atoms with van der Waals surface area (Å²) in [4.78, 5) is 12.4. The van der Waals surface area contributed by atoms with E-state index < -0.39 is 0 Å². The molecule has 0 unspecified atom stereocenters. The molecule has 0 aliphatic carbocycles. The summed E-state index contributed by atoms with van der Waals surface area (Å²) >= 11 is 0. The minimum absolute atomic E-state index is 0.0332. The number of hydrogen-bond donors (Lipinski definition) is 1. The highest BCUT2D eigenvalue weighted by Gasteiger charge is 2.31. The molecule has 1 aromatic carbocycles. The molecule has 0 spiro atoms. The van der Waals surface area contributed by atoms with E-state index in [-0.39, 0.29) is 18.1 Å². The van der Waals surface area contributed by atoms with Crippen LogP contribution in [0.25, 0.3) is 0 Å². The zero-order valence-electron chi connectivity index (χ0n) is 14.1. The summed E-state index contributed by atoms with van der Waals surface area (Å²) in [6.45, 7) is 2.20. The van der Waals surface area contributed by atoms with E-state index in [1.807, 2.05) is 19.2 Å². The van der Waals surface area contributed by atoms with Crippen molar-refractivity contribution in [2.45, 2.75) is 31.8 Å². The van der Waals surface area contributed by atoms with Crippen LogP contribution in [0, 0.1) is 0 Å². The number of ether oxygens (including phenoxy) is 3. The third-order valence-corrected chi connectivity index (χ3v) is 4.49.